The van der Waals surface area contributed by atoms with Gasteiger partial charge in [0.25, 0.3) is 0 Å². The molecule has 1 aromatic heterocycles. The molecule has 0 aliphatic carbocycles. The fraction of sp³-hybridized carbons (Fsp3) is 0.417. The van der Waals surface area contributed by atoms with E-state index in [1.54, 1.807) is 24.1 Å². The zero-order valence-corrected chi connectivity index (χ0v) is 9.91. The maximum atomic E-state index is 11.2. The number of anilines is 1. The molecule has 2 unspecified atom stereocenters. The van der Waals surface area contributed by atoms with Gasteiger partial charge in [-0.15, -0.1) is 0 Å². The lowest BCUT2D eigenvalue weighted by atomic mass is 10.2. The Morgan fingerprint density at radius 2 is 2.44 bits per heavy atom. The van der Waals surface area contributed by atoms with E-state index in [1.165, 1.54) is 6.20 Å². The number of carboxylic acids is 1. The number of nitrogens with zero attached hydrogens (tertiary/aromatic N) is 3. The Morgan fingerprint density at radius 3 is 2.94 bits per heavy atom. The van der Waals surface area contributed by atoms with Crippen molar-refractivity contribution in [2.24, 2.45) is 0 Å². The lowest BCUT2D eigenvalue weighted by Crippen LogP contribution is -2.36. The molecular weight excluding hydrogens is 234 g/mol. The molecule has 6 nitrogen and oxygen atoms in total. The molecule has 2 heterocycles. The molecule has 1 aliphatic rings. The van der Waals surface area contributed by atoms with Crippen LogP contribution in [0.4, 0.5) is 5.82 Å². The second-order valence-corrected chi connectivity index (χ2v) is 4.12. The molecule has 0 spiro atoms. The molecule has 6 heteroatoms. The monoisotopic (exact) mass is 247 g/mol. The maximum Gasteiger partial charge on any atom is 0.326 e. The fourth-order valence-electron chi connectivity index (χ4n) is 2.08. The van der Waals surface area contributed by atoms with Gasteiger partial charge in [0.1, 0.15) is 17.9 Å². The first-order valence-electron chi connectivity index (χ1n) is 5.54. The van der Waals surface area contributed by atoms with Crippen molar-refractivity contribution in [2.75, 3.05) is 18.6 Å². The largest absolute Gasteiger partial charge is 0.480 e. The highest BCUT2D eigenvalue weighted by atomic mass is 16.5. The van der Waals surface area contributed by atoms with Crippen LogP contribution in [0.25, 0.3) is 0 Å². The van der Waals surface area contributed by atoms with Crippen molar-refractivity contribution in [1.29, 1.82) is 5.26 Å². The van der Waals surface area contributed by atoms with Crippen LogP contribution in [0.3, 0.4) is 0 Å². The number of rotatable bonds is 3. The van der Waals surface area contributed by atoms with Gasteiger partial charge in [-0.2, -0.15) is 5.26 Å². The average molecular weight is 247 g/mol. The molecule has 94 valence electrons. The molecule has 0 aromatic carbocycles. The van der Waals surface area contributed by atoms with Gasteiger partial charge in [-0.3, -0.25) is 0 Å². The molecule has 1 aliphatic heterocycles. The van der Waals surface area contributed by atoms with Crippen molar-refractivity contribution >= 4 is 11.8 Å². The summed E-state index contributed by atoms with van der Waals surface area (Å²) in [4.78, 5) is 17.0. The van der Waals surface area contributed by atoms with E-state index in [-0.39, 0.29) is 6.10 Å². The van der Waals surface area contributed by atoms with E-state index >= 15 is 0 Å². The van der Waals surface area contributed by atoms with Gasteiger partial charge in [0.15, 0.2) is 0 Å². The fourth-order valence-corrected chi connectivity index (χ4v) is 2.08. The van der Waals surface area contributed by atoms with Crippen LogP contribution in [0.5, 0.6) is 0 Å². The van der Waals surface area contributed by atoms with E-state index in [9.17, 15) is 9.90 Å². The number of pyridine rings is 1. The van der Waals surface area contributed by atoms with Crippen LogP contribution in [0.2, 0.25) is 0 Å². The first-order chi connectivity index (χ1) is 8.65. The summed E-state index contributed by atoms with van der Waals surface area (Å²) >= 11 is 0. The third-order valence-electron chi connectivity index (χ3n) is 3.05. The number of carbonyl (C=O) groups is 1. The molecule has 0 saturated carbocycles. The predicted octanol–water partition coefficient (Wildman–Crippen LogP) is 0.632. The standard InChI is InChI=1S/C12H13N3O3/c1-18-9-4-10(12(16)17)15(7-9)11-3-2-8(5-13)6-14-11/h2-3,6,9-10H,4,7H2,1H3,(H,16,17). The van der Waals surface area contributed by atoms with Gasteiger partial charge in [-0.05, 0) is 12.1 Å². The topological polar surface area (TPSA) is 86.5 Å². The van der Waals surface area contributed by atoms with E-state index < -0.39 is 12.0 Å². The van der Waals surface area contributed by atoms with Gasteiger partial charge in [0.2, 0.25) is 0 Å². The number of aromatic nitrogens is 1. The molecule has 1 fully saturated rings. The summed E-state index contributed by atoms with van der Waals surface area (Å²) in [5.41, 5.74) is 0.452. The van der Waals surface area contributed by atoms with Crippen LogP contribution < -0.4 is 4.90 Å². The summed E-state index contributed by atoms with van der Waals surface area (Å²) < 4.78 is 5.20. The van der Waals surface area contributed by atoms with Gasteiger partial charge >= 0.3 is 5.97 Å². The van der Waals surface area contributed by atoms with E-state index in [1.807, 2.05) is 6.07 Å². The van der Waals surface area contributed by atoms with Gasteiger partial charge in [-0.1, -0.05) is 0 Å². The number of carboxylic acid groups (broad SMARTS) is 1. The minimum absolute atomic E-state index is 0.108. The molecule has 1 saturated heterocycles. The Hall–Kier alpha value is -2.13. The van der Waals surface area contributed by atoms with Crippen LogP contribution in [0.1, 0.15) is 12.0 Å². The Labute approximate surface area is 104 Å². The zero-order chi connectivity index (χ0) is 13.1. The summed E-state index contributed by atoms with van der Waals surface area (Å²) in [5.74, 6) is -0.332. The van der Waals surface area contributed by atoms with Crippen molar-refractivity contribution in [3.63, 3.8) is 0 Å². The highest BCUT2D eigenvalue weighted by Gasteiger charge is 2.37. The highest BCUT2D eigenvalue weighted by Crippen LogP contribution is 2.25. The van der Waals surface area contributed by atoms with Crippen molar-refractivity contribution in [2.45, 2.75) is 18.6 Å². The van der Waals surface area contributed by atoms with Crippen LogP contribution in [-0.2, 0) is 9.53 Å². The molecule has 0 amide bonds. The molecule has 0 bridgehead atoms. The second-order valence-electron chi connectivity index (χ2n) is 4.12. The first-order valence-corrected chi connectivity index (χ1v) is 5.54. The van der Waals surface area contributed by atoms with Crippen LogP contribution in [0.15, 0.2) is 18.3 Å². The van der Waals surface area contributed by atoms with E-state index in [4.69, 9.17) is 10.00 Å². The van der Waals surface area contributed by atoms with Gasteiger partial charge in [0.05, 0.1) is 11.7 Å². The smallest absolute Gasteiger partial charge is 0.326 e. The lowest BCUT2D eigenvalue weighted by Gasteiger charge is -2.22. The van der Waals surface area contributed by atoms with Gasteiger partial charge in [0, 0.05) is 26.3 Å². The third kappa shape index (κ3) is 2.26. The SMILES string of the molecule is COC1CC(C(=O)O)N(c2ccc(C#N)cn2)C1. The lowest BCUT2D eigenvalue weighted by molar-refractivity contribution is -0.138. The zero-order valence-electron chi connectivity index (χ0n) is 9.91. The van der Waals surface area contributed by atoms with Crippen molar-refractivity contribution < 1.29 is 14.6 Å². The number of hydrogen-bond donors (Lipinski definition) is 1. The van der Waals surface area contributed by atoms with Crippen molar-refractivity contribution in [1.82, 2.24) is 4.98 Å². The third-order valence-corrected chi connectivity index (χ3v) is 3.05. The summed E-state index contributed by atoms with van der Waals surface area (Å²) in [6.07, 6.45) is 1.77. The van der Waals surface area contributed by atoms with Crippen LogP contribution in [-0.4, -0.2) is 41.9 Å². The van der Waals surface area contributed by atoms with E-state index in [2.05, 4.69) is 4.98 Å². The summed E-state index contributed by atoms with van der Waals surface area (Å²) in [7, 11) is 1.57. The number of hydrogen-bond acceptors (Lipinski definition) is 5. The number of ether oxygens (including phenoxy) is 1. The quantitative estimate of drug-likeness (QED) is 0.843. The Balaban J connectivity index is 2.24. The number of methoxy groups -OCH3 is 1. The Morgan fingerprint density at radius 1 is 1.67 bits per heavy atom. The summed E-state index contributed by atoms with van der Waals surface area (Å²) in [6.45, 7) is 0.492. The van der Waals surface area contributed by atoms with Crippen LogP contribution >= 0.6 is 0 Å². The first kappa shape index (κ1) is 12.3. The van der Waals surface area contributed by atoms with Gasteiger partial charge < -0.3 is 14.7 Å². The number of nitriles is 1. The van der Waals surface area contributed by atoms with E-state index in [0.717, 1.165) is 0 Å². The maximum absolute atomic E-state index is 11.2. The minimum Gasteiger partial charge on any atom is -0.480 e. The summed E-state index contributed by atoms with van der Waals surface area (Å²) in [6, 6.07) is 4.63. The second kappa shape index (κ2) is 5.02. The molecule has 18 heavy (non-hydrogen) atoms. The predicted molar refractivity (Wildman–Crippen MR) is 63.1 cm³/mol. The molecular formula is C12H13N3O3. The van der Waals surface area contributed by atoms with Gasteiger partial charge in [-0.25, -0.2) is 9.78 Å². The Kier molecular flexibility index (Phi) is 3.44. The van der Waals surface area contributed by atoms with Crippen molar-refractivity contribution in [3.05, 3.63) is 23.9 Å². The van der Waals surface area contributed by atoms with Crippen LogP contribution in [0, 0.1) is 11.3 Å². The molecule has 2 rings (SSSR count). The van der Waals surface area contributed by atoms with E-state index in [0.29, 0.717) is 24.3 Å². The minimum atomic E-state index is -0.888. The summed E-state index contributed by atoms with van der Waals surface area (Å²) in [5, 5.41) is 17.9. The normalized spacial score (nSPS) is 22.8. The Bertz CT molecular complexity index is 480. The molecule has 1 aromatic rings. The van der Waals surface area contributed by atoms with Crippen molar-refractivity contribution in [3.8, 4) is 6.07 Å². The molecule has 2 atom stereocenters. The highest BCUT2D eigenvalue weighted by molar-refractivity contribution is 5.78. The average Bonchev–Trinajstić information content (AvgIpc) is 2.83. The number of aliphatic carboxylic acids is 1. The molecule has 0 radical (unpaired) electrons. The molecule has 1 N–H and O–H groups in total.